The number of nitrogens with zero attached hydrogens (tertiary/aromatic N) is 4. The summed E-state index contributed by atoms with van der Waals surface area (Å²) in [5.74, 6) is 0.789. The van der Waals surface area contributed by atoms with Crippen LogP contribution in [-0.2, 0) is 4.79 Å². The predicted molar refractivity (Wildman–Crippen MR) is 119 cm³/mol. The Kier molecular flexibility index (Phi) is 5.74. The average Bonchev–Trinajstić information content (AvgIpc) is 3.49. The Labute approximate surface area is 185 Å². The smallest absolute Gasteiger partial charge is 0.289 e. The Morgan fingerprint density at radius 1 is 1.03 bits per heavy atom. The molecule has 2 fully saturated rings. The molecule has 5 rings (SSSR count). The molecule has 1 atom stereocenters. The number of piperidine rings is 1. The van der Waals surface area contributed by atoms with Crippen molar-refractivity contribution in [1.82, 2.24) is 19.7 Å². The van der Waals surface area contributed by atoms with E-state index in [-0.39, 0.29) is 11.8 Å². The molecule has 0 N–H and O–H groups in total. The molecule has 2 aromatic heterocycles. The van der Waals surface area contributed by atoms with Crippen molar-refractivity contribution in [2.45, 2.75) is 18.8 Å². The monoisotopic (exact) mass is 438 g/mol. The van der Waals surface area contributed by atoms with Crippen LogP contribution in [0.5, 0.6) is 0 Å². The normalized spacial score (nSPS) is 20.3. The van der Waals surface area contributed by atoms with Gasteiger partial charge in [0.1, 0.15) is 0 Å². The maximum absolute atomic E-state index is 12.9. The quantitative estimate of drug-likeness (QED) is 0.626. The van der Waals surface area contributed by atoms with Gasteiger partial charge in [-0.25, -0.2) is 4.98 Å². The average molecular weight is 439 g/mol. The van der Waals surface area contributed by atoms with Gasteiger partial charge in [-0.05, 0) is 43.7 Å². The van der Waals surface area contributed by atoms with Crippen LogP contribution in [0, 0.1) is 0 Å². The number of piperazine rings is 1. The highest BCUT2D eigenvalue weighted by atomic mass is 32.1. The number of furan rings is 1. The van der Waals surface area contributed by atoms with Crippen LogP contribution in [0.3, 0.4) is 0 Å². The standard InChI is InChI=1S/C23H26N4O3S/c28-21(26-10-12-27(13-11-26)23(29)19-7-4-14-30-19)16-25-9-3-5-17(15-25)22-24-18-6-1-2-8-20(18)31-22/h1-2,4,6-8,14,17H,3,5,9-13,15-16H2/t17-/m1/s1. The van der Waals surface area contributed by atoms with Crippen LogP contribution in [0.25, 0.3) is 10.2 Å². The molecule has 0 radical (unpaired) electrons. The highest BCUT2D eigenvalue weighted by molar-refractivity contribution is 7.18. The number of thiazole rings is 1. The zero-order chi connectivity index (χ0) is 21.2. The van der Waals surface area contributed by atoms with E-state index in [0.717, 1.165) is 31.4 Å². The van der Waals surface area contributed by atoms with E-state index in [1.807, 2.05) is 11.0 Å². The van der Waals surface area contributed by atoms with Crippen molar-refractivity contribution >= 4 is 33.4 Å². The van der Waals surface area contributed by atoms with Gasteiger partial charge in [-0.2, -0.15) is 0 Å². The number of fused-ring (bicyclic) bond motifs is 1. The van der Waals surface area contributed by atoms with Crippen molar-refractivity contribution in [2.24, 2.45) is 0 Å². The zero-order valence-corrected chi connectivity index (χ0v) is 18.2. The van der Waals surface area contributed by atoms with Gasteiger partial charge in [0.2, 0.25) is 5.91 Å². The van der Waals surface area contributed by atoms with Crippen LogP contribution in [-0.4, -0.2) is 77.3 Å². The second-order valence-electron chi connectivity index (χ2n) is 8.24. The van der Waals surface area contributed by atoms with Crippen molar-refractivity contribution in [1.29, 1.82) is 0 Å². The summed E-state index contributed by atoms with van der Waals surface area (Å²) in [6.45, 7) is 4.49. The number of hydrogen-bond donors (Lipinski definition) is 0. The van der Waals surface area contributed by atoms with Crippen LogP contribution < -0.4 is 0 Å². The molecule has 7 nitrogen and oxygen atoms in total. The fraction of sp³-hybridized carbons (Fsp3) is 0.435. The molecule has 162 valence electrons. The lowest BCUT2D eigenvalue weighted by molar-refractivity contribution is -0.134. The molecular formula is C23H26N4O3S. The number of carbonyl (C=O) groups is 2. The number of carbonyl (C=O) groups excluding carboxylic acids is 2. The third-order valence-electron chi connectivity index (χ3n) is 6.18. The number of amides is 2. The first kappa shape index (κ1) is 20.2. The summed E-state index contributed by atoms with van der Waals surface area (Å²) in [6.07, 6.45) is 3.71. The molecule has 4 heterocycles. The Morgan fingerprint density at radius 2 is 1.84 bits per heavy atom. The van der Waals surface area contributed by atoms with E-state index in [1.165, 1.54) is 16.0 Å². The molecule has 31 heavy (non-hydrogen) atoms. The van der Waals surface area contributed by atoms with Crippen LogP contribution in [0.4, 0.5) is 0 Å². The van der Waals surface area contributed by atoms with E-state index in [1.54, 1.807) is 28.4 Å². The van der Waals surface area contributed by atoms with Gasteiger partial charge in [0, 0.05) is 38.6 Å². The molecular weight excluding hydrogens is 412 g/mol. The van der Waals surface area contributed by atoms with E-state index < -0.39 is 0 Å². The van der Waals surface area contributed by atoms with E-state index in [2.05, 4.69) is 23.1 Å². The summed E-state index contributed by atoms with van der Waals surface area (Å²) in [6, 6.07) is 11.7. The summed E-state index contributed by atoms with van der Waals surface area (Å²) in [7, 11) is 0. The molecule has 0 unspecified atom stereocenters. The minimum atomic E-state index is -0.105. The molecule has 0 spiro atoms. The van der Waals surface area contributed by atoms with Gasteiger partial charge in [0.05, 0.1) is 28.0 Å². The van der Waals surface area contributed by atoms with Gasteiger partial charge < -0.3 is 14.2 Å². The third-order valence-corrected chi connectivity index (χ3v) is 7.37. The molecule has 3 aromatic rings. The van der Waals surface area contributed by atoms with Gasteiger partial charge in [0.25, 0.3) is 5.91 Å². The third kappa shape index (κ3) is 4.36. The Bertz CT molecular complexity index is 1020. The number of benzene rings is 1. The van der Waals surface area contributed by atoms with Crippen LogP contribution in [0.2, 0.25) is 0 Å². The second-order valence-corrected chi connectivity index (χ2v) is 9.31. The van der Waals surface area contributed by atoms with Crippen molar-refractivity contribution < 1.29 is 14.0 Å². The highest BCUT2D eigenvalue weighted by Crippen LogP contribution is 2.32. The lowest BCUT2D eigenvalue weighted by Gasteiger charge is -2.37. The molecule has 0 bridgehead atoms. The van der Waals surface area contributed by atoms with Crippen molar-refractivity contribution in [2.75, 3.05) is 45.8 Å². The summed E-state index contributed by atoms with van der Waals surface area (Å²) >= 11 is 1.78. The highest BCUT2D eigenvalue weighted by Gasteiger charge is 2.29. The Hall–Kier alpha value is -2.71. The lowest BCUT2D eigenvalue weighted by atomic mass is 9.98. The summed E-state index contributed by atoms with van der Waals surface area (Å²) in [4.78, 5) is 36.1. The zero-order valence-electron chi connectivity index (χ0n) is 17.4. The van der Waals surface area contributed by atoms with E-state index in [4.69, 9.17) is 9.40 Å². The van der Waals surface area contributed by atoms with Crippen LogP contribution in [0.1, 0.15) is 34.3 Å². The van der Waals surface area contributed by atoms with Gasteiger partial charge in [-0.3, -0.25) is 14.5 Å². The first-order valence-electron chi connectivity index (χ1n) is 10.9. The number of para-hydroxylation sites is 1. The van der Waals surface area contributed by atoms with Gasteiger partial charge in [-0.1, -0.05) is 12.1 Å². The largest absolute Gasteiger partial charge is 0.459 e. The van der Waals surface area contributed by atoms with Gasteiger partial charge >= 0.3 is 0 Å². The summed E-state index contributed by atoms with van der Waals surface area (Å²) in [5.41, 5.74) is 1.07. The molecule has 1 aromatic carbocycles. The first-order valence-corrected chi connectivity index (χ1v) is 11.7. The van der Waals surface area contributed by atoms with Crippen molar-refractivity contribution in [3.05, 3.63) is 53.4 Å². The second kappa shape index (κ2) is 8.80. The maximum Gasteiger partial charge on any atom is 0.289 e. The van der Waals surface area contributed by atoms with Crippen LogP contribution in [0.15, 0.2) is 47.1 Å². The Morgan fingerprint density at radius 3 is 2.61 bits per heavy atom. The molecule has 0 aliphatic carbocycles. The number of aromatic nitrogens is 1. The molecule has 2 aliphatic rings. The topological polar surface area (TPSA) is 69.9 Å². The minimum absolute atomic E-state index is 0.105. The molecule has 2 amide bonds. The van der Waals surface area contributed by atoms with E-state index >= 15 is 0 Å². The van der Waals surface area contributed by atoms with E-state index in [9.17, 15) is 9.59 Å². The maximum atomic E-state index is 12.9. The number of likely N-dealkylation sites (tertiary alicyclic amines) is 1. The van der Waals surface area contributed by atoms with Gasteiger partial charge in [0.15, 0.2) is 5.76 Å². The molecule has 8 heteroatoms. The SMILES string of the molecule is O=C(CN1CCC[C@@H](c2nc3ccccc3s2)C1)N1CCN(C(=O)c2ccco2)CC1. The van der Waals surface area contributed by atoms with Crippen molar-refractivity contribution in [3.8, 4) is 0 Å². The van der Waals surface area contributed by atoms with Gasteiger partial charge in [-0.15, -0.1) is 11.3 Å². The number of rotatable bonds is 4. The summed E-state index contributed by atoms with van der Waals surface area (Å²) in [5, 5.41) is 1.18. The molecule has 2 aliphatic heterocycles. The predicted octanol–water partition coefficient (Wildman–Crippen LogP) is 3.05. The Balaban J connectivity index is 1.15. The molecule has 0 saturated carbocycles. The first-order chi connectivity index (χ1) is 15.2. The van der Waals surface area contributed by atoms with E-state index in [0.29, 0.717) is 44.4 Å². The minimum Gasteiger partial charge on any atom is -0.459 e. The lowest BCUT2D eigenvalue weighted by Crippen LogP contribution is -2.53. The fourth-order valence-electron chi connectivity index (χ4n) is 4.47. The van der Waals surface area contributed by atoms with Crippen molar-refractivity contribution in [3.63, 3.8) is 0 Å². The molecule has 2 saturated heterocycles. The number of hydrogen-bond acceptors (Lipinski definition) is 6. The fourth-order valence-corrected chi connectivity index (χ4v) is 5.56. The summed E-state index contributed by atoms with van der Waals surface area (Å²) < 4.78 is 6.44. The van der Waals surface area contributed by atoms with Crippen LogP contribution >= 0.6 is 11.3 Å².